The molecule has 1 atom stereocenters. The normalized spacial score (nSPS) is 13.3. The molecule has 1 nitrogen and oxygen atoms in total. The maximum Gasteiger partial charge on any atom is 0.0934 e. The van der Waals surface area contributed by atoms with Crippen molar-refractivity contribution in [1.82, 2.24) is 0 Å². The Hall–Kier alpha value is -0.430. The molecule has 62 valence electrons. The van der Waals surface area contributed by atoms with Gasteiger partial charge in [0.15, 0.2) is 0 Å². The summed E-state index contributed by atoms with van der Waals surface area (Å²) in [5, 5.41) is 0. The summed E-state index contributed by atoms with van der Waals surface area (Å²) < 4.78 is 4.96. The van der Waals surface area contributed by atoms with Crippen molar-refractivity contribution in [1.29, 1.82) is 0 Å². The summed E-state index contributed by atoms with van der Waals surface area (Å²) in [6.07, 6.45) is 5.66. The van der Waals surface area contributed by atoms with Gasteiger partial charge in [-0.1, -0.05) is 13.3 Å². The van der Waals surface area contributed by atoms with Gasteiger partial charge in [-0.25, -0.2) is 0 Å². The van der Waals surface area contributed by atoms with E-state index in [1.165, 1.54) is 5.56 Å². The van der Waals surface area contributed by atoms with Crippen LogP contribution in [0.15, 0.2) is 23.0 Å². The lowest BCUT2D eigenvalue weighted by Crippen LogP contribution is -2.03. The maximum absolute atomic E-state index is 5.75. The highest BCUT2D eigenvalue weighted by Crippen LogP contribution is 2.13. The van der Waals surface area contributed by atoms with Crippen molar-refractivity contribution in [3.8, 4) is 0 Å². The molecule has 0 saturated carbocycles. The van der Waals surface area contributed by atoms with Gasteiger partial charge in [-0.3, -0.25) is 0 Å². The zero-order valence-corrected chi connectivity index (χ0v) is 7.47. The Bertz CT molecular complexity index is 177. The lowest BCUT2D eigenvalue weighted by molar-refractivity contribution is 0.541. The van der Waals surface area contributed by atoms with Crippen molar-refractivity contribution in [3.63, 3.8) is 0 Å². The van der Waals surface area contributed by atoms with E-state index in [-0.39, 0.29) is 0 Å². The molecule has 1 aromatic heterocycles. The smallest absolute Gasteiger partial charge is 0.0934 e. The molecule has 0 radical (unpaired) electrons. The van der Waals surface area contributed by atoms with Crippen LogP contribution in [-0.4, -0.2) is 5.88 Å². The monoisotopic (exact) mass is 172 g/mol. The fourth-order valence-electron chi connectivity index (χ4n) is 1.05. The van der Waals surface area contributed by atoms with Gasteiger partial charge < -0.3 is 4.42 Å². The maximum atomic E-state index is 5.75. The Labute approximate surface area is 72.4 Å². The molecule has 2 heteroatoms. The van der Waals surface area contributed by atoms with Crippen LogP contribution in [0.2, 0.25) is 0 Å². The second-order valence-electron chi connectivity index (χ2n) is 2.76. The Morgan fingerprint density at radius 3 is 2.91 bits per heavy atom. The van der Waals surface area contributed by atoms with Gasteiger partial charge in [0.1, 0.15) is 0 Å². The molecular weight excluding hydrogens is 160 g/mol. The van der Waals surface area contributed by atoms with Crippen LogP contribution >= 0.6 is 11.6 Å². The van der Waals surface area contributed by atoms with E-state index < -0.39 is 0 Å². The minimum Gasteiger partial charge on any atom is -0.472 e. The van der Waals surface area contributed by atoms with Crippen molar-refractivity contribution in [2.24, 2.45) is 5.92 Å². The highest BCUT2D eigenvalue weighted by Gasteiger charge is 2.05. The molecule has 1 aromatic rings. The molecule has 1 unspecified atom stereocenters. The fourth-order valence-corrected chi connectivity index (χ4v) is 1.38. The molecule has 11 heavy (non-hydrogen) atoms. The highest BCUT2D eigenvalue weighted by molar-refractivity contribution is 6.18. The number of halogens is 1. The van der Waals surface area contributed by atoms with Gasteiger partial charge in [0.25, 0.3) is 0 Å². The third-order valence-corrected chi connectivity index (χ3v) is 2.34. The molecule has 0 amide bonds. The van der Waals surface area contributed by atoms with Crippen LogP contribution in [0.25, 0.3) is 0 Å². The molecule has 0 bridgehead atoms. The van der Waals surface area contributed by atoms with Crippen molar-refractivity contribution in [3.05, 3.63) is 24.2 Å². The van der Waals surface area contributed by atoms with Gasteiger partial charge in [0.05, 0.1) is 12.5 Å². The van der Waals surface area contributed by atoms with E-state index in [2.05, 4.69) is 6.92 Å². The number of furan rings is 1. The van der Waals surface area contributed by atoms with Gasteiger partial charge in [-0.2, -0.15) is 0 Å². The number of rotatable bonds is 4. The summed E-state index contributed by atoms with van der Waals surface area (Å²) in [6, 6.07) is 2.00. The third kappa shape index (κ3) is 2.58. The standard InChI is InChI=1S/C9H13ClO/c1-2-8(6-10)5-9-3-4-11-7-9/h3-4,7-8H,2,5-6H2,1H3. The first-order valence-electron chi connectivity index (χ1n) is 3.93. The van der Waals surface area contributed by atoms with Crippen LogP contribution in [-0.2, 0) is 6.42 Å². The molecule has 1 heterocycles. The molecule has 0 saturated heterocycles. The molecule has 0 fully saturated rings. The molecule has 0 spiro atoms. The summed E-state index contributed by atoms with van der Waals surface area (Å²) >= 11 is 5.75. The van der Waals surface area contributed by atoms with Crippen molar-refractivity contribution in [2.75, 3.05) is 5.88 Å². The van der Waals surface area contributed by atoms with Gasteiger partial charge in [0, 0.05) is 5.88 Å². The summed E-state index contributed by atoms with van der Waals surface area (Å²) in [7, 11) is 0. The van der Waals surface area contributed by atoms with E-state index in [1.807, 2.05) is 6.07 Å². The first kappa shape index (κ1) is 8.66. The van der Waals surface area contributed by atoms with Crippen molar-refractivity contribution in [2.45, 2.75) is 19.8 Å². The Morgan fingerprint density at radius 2 is 2.45 bits per heavy atom. The van der Waals surface area contributed by atoms with E-state index in [0.29, 0.717) is 5.92 Å². The lowest BCUT2D eigenvalue weighted by Gasteiger charge is -2.07. The largest absolute Gasteiger partial charge is 0.472 e. The van der Waals surface area contributed by atoms with E-state index in [4.69, 9.17) is 16.0 Å². The lowest BCUT2D eigenvalue weighted by atomic mass is 10.0. The van der Waals surface area contributed by atoms with Crippen LogP contribution < -0.4 is 0 Å². The van der Waals surface area contributed by atoms with Crippen LogP contribution in [0.4, 0.5) is 0 Å². The number of alkyl halides is 1. The van der Waals surface area contributed by atoms with Crippen LogP contribution in [0, 0.1) is 5.92 Å². The minimum atomic E-state index is 0.592. The van der Waals surface area contributed by atoms with E-state index in [1.54, 1.807) is 12.5 Å². The Balaban J connectivity index is 2.41. The van der Waals surface area contributed by atoms with Crippen LogP contribution in [0.5, 0.6) is 0 Å². The third-order valence-electron chi connectivity index (χ3n) is 1.90. The molecule has 1 rings (SSSR count). The SMILES string of the molecule is CCC(CCl)Cc1ccoc1. The molecule has 0 aliphatic heterocycles. The van der Waals surface area contributed by atoms with Gasteiger partial charge in [-0.05, 0) is 24.0 Å². The summed E-state index contributed by atoms with van der Waals surface area (Å²) in [5.74, 6) is 1.33. The first-order chi connectivity index (χ1) is 5.36. The van der Waals surface area contributed by atoms with Crippen LogP contribution in [0.3, 0.4) is 0 Å². The van der Waals surface area contributed by atoms with Crippen molar-refractivity contribution < 1.29 is 4.42 Å². The molecule has 0 aromatic carbocycles. The minimum absolute atomic E-state index is 0.592. The second-order valence-corrected chi connectivity index (χ2v) is 3.07. The number of hydrogen-bond donors (Lipinski definition) is 0. The van der Waals surface area contributed by atoms with E-state index >= 15 is 0 Å². The van der Waals surface area contributed by atoms with Gasteiger partial charge >= 0.3 is 0 Å². The van der Waals surface area contributed by atoms with Crippen molar-refractivity contribution >= 4 is 11.6 Å². The first-order valence-corrected chi connectivity index (χ1v) is 4.47. The zero-order chi connectivity index (χ0) is 8.10. The fraction of sp³-hybridized carbons (Fsp3) is 0.556. The average molecular weight is 173 g/mol. The van der Waals surface area contributed by atoms with E-state index in [9.17, 15) is 0 Å². The summed E-state index contributed by atoms with van der Waals surface area (Å²) in [4.78, 5) is 0. The number of hydrogen-bond acceptors (Lipinski definition) is 1. The van der Waals surface area contributed by atoms with E-state index in [0.717, 1.165) is 18.7 Å². The topological polar surface area (TPSA) is 13.1 Å². The Kier molecular flexibility index (Phi) is 3.50. The van der Waals surface area contributed by atoms with Gasteiger partial charge in [-0.15, -0.1) is 11.6 Å². The highest BCUT2D eigenvalue weighted by atomic mass is 35.5. The van der Waals surface area contributed by atoms with Crippen LogP contribution in [0.1, 0.15) is 18.9 Å². The summed E-state index contributed by atoms with van der Waals surface area (Å²) in [6.45, 7) is 2.16. The Morgan fingerprint density at radius 1 is 1.64 bits per heavy atom. The molecule has 0 aliphatic rings. The second kappa shape index (κ2) is 4.45. The average Bonchev–Trinajstić information content (AvgIpc) is 2.52. The zero-order valence-electron chi connectivity index (χ0n) is 6.72. The predicted octanol–water partition coefficient (Wildman–Crippen LogP) is 3.09. The molecule has 0 aliphatic carbocycles. The molecular formula is C9H13ClO. The quantitative estimate of drug-likeness (QED) is 0.637. The predicted molar refractivity (Wildman–Crippen MR) is 46.9 cm³/mol. The molecule has 0 N–H and O–H groups in total. The summed E-state index contributed by atoms with van der Waals surface area (Å²) in [5.41, 5.74) is 1.25. The van der Waals surface area contributed by atoms with Gasteiger partial charge in [0.2, 0.25) is 0 Å².